The molecule has 0 radical (unpaired) electrons. The van der Waals surface area contributed by atoms with Crippen molar-refractivity contribution < 1.29 is 18.7 Å². The van der Waals surface area contributed by atoms with Gasteiger partial charge in [-0.15, -0.1) is 0 Å². The average Bonchev–Trinajstić information content (AvgIpc) is 3.02. The second kappa shape index (κ2) is 9.04. The van der Waals surface area contributed by atoms with E-state index < -0.39 is 11.9 Å². The summed E-state index contributed by atoms with van der Waals surface area (Å²) >= 11 is 0. The molecule has 0 saturated carbocycles. The summed E-state index contributed by atoms with van der Waals surface area (Å²) in [5, 5.41) is 12.6. The smallest absolute Gasteiger partial charge is 0.237 e. The van der Waals surface area contributed by atoms with Crippen molar-refractivity contribution in [2.24, 2.45) is 0 Å². The number of aromatic nitrogens is 2. The molecule has 1 aliphatic rings. The Morgan fingerprint density at radius 2 is 2.21 bits per heavy atom. The molecule has 2 heterocycles. The zero-order valence-corrected chi connectivity index (χ0v) is 16.8. The van der Waals surface area contributed by atoms with Crippen LogP contribution < -0.4 is 15.4 Å². The molecule has 156 valence electrons. The van der Waals surface area contributed by atoms with E-state index in [1.165, 1.54) is 13.2 Å². The van der Waals surface area contributed by atoms with Crippen molar-refractivity contribution in [3.63, 3.8) is 0 Å². The van der Waals surface area contributed by atoms with Crippen LogP contribution in [0.2, 0.25) is 0 Å². The number of carbonyl (C=O) groups excluding carboxylic acids is 2. The molecule has 0 spiro atoms. The average molecular weight is 403 g/mol. The highest BCUT2D eigenvalue weighted by atomic mass is 19.1. The normalized spacial score (nSPS) is 17.1. The van der Waals surface area contributed by atoms with Crippen LogP contribution in [0, 0.1) is 19.7 Å². The molecule has 1 fully saturated rings. The largest absolute Gasteiger partial charge is 0.497 e. The van der Waals surface area contributed by atoms with Gasteiger partial charge >= 0.3 is 0 Å². The van der Waals surface area contributed by atoms with E-state index in [0.29, 0.717) is 30.9 Å². The maximum atomic E-state index is 14.3. The Labute approximate surface area is 168 Å². The summed E-state index contributed by atoms with van der Waals surface area (Å²) in [6.45, 7) is 5.33. The van der Waals surface area contributed by atoms with Crippen molar-refractivity contribution in [1.82, 2.24) is 25.7 Å². The number of H-pyrrole nitrogens is 1. The quantitative estimate of drug-likeness (QED) is 0.645. The Hall–Kier alpha value is -2.94. The molecule has 0 unspecified atom stereocenters. The summed E-state index contributed by atoms with van der Waals surface area (Å²) in [7, 11) is 1.48. The molecule has 1 aliphatic heterocycles. The van der Waals surface area contributed by atoms with E-state index in [1.807, 2.05) is 18.7 Å². The van der Waals surface area contributed by atoms with Gasteiger partial charge in [-0.05, 0) is 19.9 Å². The number of aromatic amines is 1. The van der Waals surface area contributed by atoms with Crippen LogP contribution in [-0.2, 0) is 22.7 Å². The number of aryl methyl sites for hydroxylation is 2. The summed E-state index contributed by atoms with van der Waals surface area (Å²) in [6, 6.07) is 3.98. The van der Waals surface area contributed by atoms with Crippen molar-refractivity contribution in [3.05, 3.63) is 46.5 Å². The topological polar surface area (TPSA) is 99.3 Å². The SMILES string of the molecule is COc1ccc(CN2CCNC(=O)[C@@H]2CC(=O)NCc2c(C)n[nH]c2C)c(F)c1. The zero-order chi connectivity index (χ0) is 21.0. The Morgan fingerprint density at radius 3 is 2.86 bits per heavy atom. The summed E-state index contributed by atoms with van der Waals surface area (Å²) in [4.78, 5) is 26.7. The number of hydrogen-bond donors (Lipinski definition) is 3. The van der Waals surface area contributed by atoms with Gasteiger partial charge in [-0.25, -0.2) is 4.39 Å². The highest BCUT2D eigenvalue weighted by Crippen LogP contribution is 2.20. The maximum Gasteiger partial charge on any atom is 0.237 e. The molecule has 9 heteroatoms. The number of nitrogens with zero attached hydrogens (tertiary/aromatic N) is 2. The van der Waals surface area contributed by atoms with Gasteiger partial charge in [0.1, 0.15) is 11.6 Å². The first-order valence-corrected chi connectivity index (χ1v) is 9.50. The number of carbonyl (C=O) groups is 2. The van der Waals surface area contributed by atoms with E-state index in [0.717, 1.165) is 17.0 Å². The summed E-state index contributed by atoms with van der Waals surface area (Å²) in [5.41, 5.74) is 3.11. The van der Waals surface area contributed by atoms with Gasteiger partial charge in [-0.1, -0.05) is 6.07 Å². The number of benzene rings is 1. The standard InChI is InChI=1S/C20H26FN5O3/c1-12-16(13(2)25-24-12)10-23-19(27)9-18-20(28)22-6-7-26(18)11-14-4-5-15(29-3)8-17(14)21/h4-5,8,18H,6-7,9-11H2,1-3H3,(H,22,28)(H,23,27)(H,24,25)/t18-/m0/s1. The minimum atomic E-state index is -0.656. The van der Waals surface area contributed by atoms with Gasteiger partial charge < -0.3 is 15.4 Å². The van der Waals surface area contributed by atoms with E-state index in [1.54, 1.807) is 12.1 Å². The fourth-order valence-corrected chi connectivity index (χ4v) is 3.44. The molecule has 29 heavy (non-hydrogen) atoms. The number of halogens is 1. The second-order valence-electron chi connectivity index (χ2n) is 7.13. The van der Waals surface area contributed by atoms with E-state index >= 15 is 0 Å². The van der Waals surface area contributed by atoms with E-state index in [9.17, 15) is 14.0 Å². The first kappa shape index (κ1) is 20.8. The van der Waals surface area contributed by atoms with Gasteiger partial charge in [0.15, 0.2) is 0 Å². The lowest BCUT2D eigenvalue weighted by Crippen LogP contribution is -2.56. The number of rotatable bonds is 7. The molecule has 0 aliphatic carbocycles. The minimum absolute atomic E-state index is 0.000443. The van der Waals surface area contributed by atoms with Crippen molar-refractivity contribution in [1.29, 1.82) is 0 Å². The monoisotopic (exact) mass is 403 g/mol. The third kappa shape index (κ3) is 4.92. The molecule has 3 N–H and O–H groups in total. The van der Waals surface area contributed by atoms with Gasteiger partial charge in [0.05, 0.1) is 25.3 Å². The number of amides is 2. The molecule has 2 amide bonds. The Morgan fingerprint density at radius 1 is 1.41 bits per heavy atom. The zero-order valence-electron chi connectivity index (χ0n) is 16.8. The molecular weight excluding hydrogens is 377 g/mol. The van der Waals surface area contributed by atoms with Crippen molar-refractivity contribution in [3.8, 4) is 5.75 Å². The summed E-state index contributed by atoms with van der Waals surface area (Å²) < 4.78 is 19.4. The lowest BCUT2D eigenvalue weighted by molar-refractivity contribution is -0.134. The van der Waals surface area contributed by atoms with Crippen LogP contribution in [0.15, 0.2) is 18.2 Å². The van der Waals surface area contributed by atoms with Crippen LogP contribution in [0.25, 0.3) is 0 Å². The third-order valence-corrected chi connectivity index (χ3v) is 5.20. The first-order valence-electron chi connectivity index (χ1n) is 9.50. The molecule has 8 nitrogen and oxygen atoms in total. The number of methoxy groups -OCH3 is 1. The van der Waals surface area contributed by atoms with Crippen LogP contribution in [-0.4, -0.2) is 53.2 Å². The van der Waals surface area contributed by atoms with Crippen LogP contribution in [0.5, 0.6) is 5.75 Å². The molecule has 0 bridgehead atoms. The Kier molecular flexibility index (Phi) is 6.48. The van der Waals surface area contributed by atoms with Crippen LogP contribution >= 0.6 is 0 Å². The lowest BCUT2D eigenvalue weighted by atomic mass is 10.1. The van der Waals surface area contributed by atoms with E-state index in [4.69, 9.17) is 4.74 Å². The number of ether oxygens (including phenoxy) is 1. The predicted molar refractivity (Wildman–Crippen MR) is 105 cm³/mol. The lowest BCUT2D eigenvalue weighted by Gasteiger charge is -2.34. The molecule has 1 atom stereocenters. The second-order valence-corrected chi connectivity index (χ2v) is 7.13. The molecule has 3 rings (SSSR count). The summed E-state index contributed by atoms with van der Waals surface area (Å²) in [6.07, 6.45) is -0.000443. The molecule has 1 aromatic heterocycles. The van der Waals surface area contributed by atoms with E-state index in [2.05, 4.69) is 20.8 Å². The van der Waals surface area contributed by atoms with Crippen LogP contribution in [0.3, 0.4) is 0 Å². The number of piperazine rings is 1. The Balaban J connectivity index is 1.65. The maximum absolute atomic E-state index is 14.3. The minimum Gasteiger partial charge on any atom is -0.497 e. The van der Waals surface area contributed by atoms with Crippen LogP contribution in [0.1, 0.15) is 28.9 Å². The van der Waals surface area contributed by atoms with Crippen molar-refractivity contribution in [2.45, 2.75) is 39.4 Å². The van der Waals surface area contributed by atoms with Crippen molar-refractivity contribution >= 4 is 11.8 Å². The van der Waals surface area contributed by atoms with Gasteiger partial charge in [-0.3, -0.25) is 19.6 Å². The highest BCUT2D eigenvalue weighted by molar-refractivity contribution is 5.88. The summed E-state index contributed by atoms with van der Waals surface area (Å²) in [5.74, 6) is -0.434. The first-order chi connectivity index (χ1) is 13.9. The predicted octanol–water partition coefficient (Wildman–Crippen LogP) is 1.18. The van der Waals surface area contributed by atoms with Crippen LogP contribution in [0.4, 0.5) is 4.39 Å². The van der Waals surface area contributed by atoms with Gasteiger partial charge in [0.2, 0.25) is 11.8 Å². The van der Waals surface area contributed by atoms with Crippen molar-refractivity contribution in [2.75, 3.05) is 20.2 Å². The number of nitrogens with one attached hydrogen (secondary N) is 3. The van der Waals surface area contributed by atoms with Gasteiger partial charge in [0.25, 0.3) is 0 Å². The molecular formula is C20H26FN5O3. The fraction of sp³-hybridized carbons (Fsp3) is 0.450. The molecule has 2 aromatic rings. The van der Waals surface area contributed by atoms with Gasteiger partial charge in [-0.2, -0.15) is 5.10 Å². The van der Waals surface area contributed by atoms with E-state index in [-0.39, 0.29) is 24.8 Å². The molecule has 1 saturated heterocycles. The molecule has 1 aromatic carbocycles. The number of hydrogen-bond acceptors (Lipinski definition) is 5. The fourth-order valence-electron chi connectivity index (χ4n) is 3.44. The van der Waals surface area contributed by atoms with Gasteiger partial charge in [0, 0.05) is 49.1 Å². The Bertz CT molecular complexity index is 879. The highest BCUT2D eigenvalue weighted by Gasteiger charge is 2.32. The third-order valence-electron chi connectivity index (χ3n) is 5.20.